The van der Waals surface area contributed by atoms with Crippen molar-refractivity contribution in [2.24, 2.45) is 5.10 Å². The molecule has 0 fully saturated rings. The Morgan fingerprint density at radius 1 is 1.64 bits per heavy atom. The third-order valence-electron chi connectivity index (χ3n) is 1.54. The zero-order valence-corrected chi connectivity index (χ0v) is 9.02. The van der Waals surface area contributed by atoms with Crippen molar-refractivity contribution < 1.29 is 4.42 Å². The zero-order chi connectivity index (χ0) is 10.4. The van der Waals surface area contributed by atoms with Crippen LogP contribution in [0.25, 0.3) is 0 Å². The second kappa shape index (κ2) is 5.39. The van der Waals surface area contributed by atoms with Gasteiger partial charge in [-0.15, -0.1) is 0 Å². The second-order valence-corrected chi connectivity index (χ2v) is 3.05. The molecule has 0 aromatic carbocycles. The summed E-state index contributed by atoms with van der Waals surface area (Å²) < 4.78 is 5.15. The van der Waals surface area contributed by atoms with Crippen molar-refractivity contribution in [2.45, 2.75) is 13.8 Å². The van der Waals surface area contributed by atoms with E-state index < -0.39 is 0 Å². The minimum atomic E-state index is 0.512. The lowest BCUT2D eigenvalue weighted by molar-refractivity contribution is 0.556. The lowest BCUT2D eigenvalue weighted by atomic mass is 10.3. The fraction of sp³-hybridized carbons (Fsp3) is 0.333. The van der Waals surface area contributed by atoms with Crippen LogP contribution in [0.3, 0.4) is 0 Å². The molecule has 1 aromatic rings. The number of nitrogens with one attached hydrogen (secondary N) is 2. The quantitative estimate of drug-likeness (QED) is 0.452. The summed E-state index contributed by atoms with van der Waals surface area (Å²) in [6, 6.07) is 3.66. The summed E-state index contributed by atoms with van der Waals surface area (Å²) in [4.78, 5) is 0. The maximum Gasteiger partial charge on any atom is 0.186 e. The first-order chi connectivity index (χ1) is 6.74. The molecule has 1 aromatic heterocycles. The molecule has 0 bridgehead atoms. The molecule has 0 radical (unpaired) electrons. The van der Waals surface area contributed by atoms with Crippen molar-refractivity contribution in [1.82, 2.24) is 10.7 Å². The van der Waals surface area contributed by atoms with Crippen LogP contribution in [0, 0.1) is 0 Å². The third kappa shape index (κ3) is 3.18. The van der Waals surface area contributed by atoms with Crippen molar-refractivity contribution in [3.63, 3.8) is 0 Å². The molecule has 2 N–H and O–H groups in total. The van der Waals surface area contributed by atoms with Gasteiger partial charge in [0.05, 0.1) is 6.26 Å². The monoisotopic (exact) mass is 211 g/mol. The van der Waals surface area contributed by atoms with E-state index in [9.17, 15) is 0 Å². The topological polar surface area (TPSA) is 49.6 Å². The molecule has 0 amide bonds. The van der Waals surface area contributed by atoms with E-state index >= 15 is 0 Å². The first-order valence-electron chi connectivity index (χ1n) is 4.36. The molecule has 0 spiro atoms. The zero-order valence-electron chi connectivity index (χ0n) is 8.20. The number of hydrazone groups is 1. The Labute approximate surface area is 88.4 Å². The highest BCUT2D eigenvalue weighted by atomic mass is 32.1. The predicted octanol–water partition coefficient (Wildman–Crippen LogP) is 1.49. The van der Waals surface area contributed by atoms with Crippen LogP contribution in [-0.4, -0.2) is 17.4 Å². The van der Waals surface area contributed by atoms with Crippen molar-refractivity contribution in [3.05, 3.63) is 24.2 Å². The van der Waals surface area contributed by atoms with Crippen LogP contribution in [-0.2, 0) is 0 Å². The predicted molar refractivity (Wildman–Crippen MR) is 60.3 cm³/mol. The fourth-order valence-corrected chi connectivity index (χ4v) is 1.06. The van der Waals surface area contributed by atoms with E-state index in [0.29, 0.717) is 5.11 Å². The van der Waals surface area contributed by atoms with Gasteiger partial charge < -0.3 is 9.73 Å². The average molecular weight is 211 g/mol. The van der Waals surface area contributed by atoms with Crippen LogP contribution >= 0.6 is 12.2 Å². The molecule has 4 nitrogen and oxygen atoms in total. The van der Waals surface area contributed by atoms with Crippen LogP contribution in [0.15, 0.2) is 27.9 Å². The molecule has 1 rings (SSSR count). The van der Waals surface area contributed by atoms with Crippen molar-refractivity contribution in [2.75, 3.05) is 6.54 Å². The highest BCUT2D eigenvalue weighted by Gasteiger charge is 1.99. The van der Waals surface area contributed by atoms with E-state index in [0.717, 1.165) is 18.0 Å². The van der Waals surface area contributed by atoms with Gasteiger partial charge >= 0.3 is 0 Å². The smallest absolute Gasteiger partial charge is 0.186 e. The first-order valence-corrected chi connectivity index (χ1v) is 4.77. The van der Waals surface area contributed by atoms with Gasteiger partial charge in [-0.25, -0.2) is 0 Å². The van der Waals surface area contributed by atoms with Gasteiger partial charge in [0.1, 0.15) is 11.5 Å². The molecular formula is C9H13N3OS. The normalized spacial score (nSPS) is 11.1. The van der Waals surface area contributed by atoms with Crippen molar-refractivity contribution in [3.8, 4) is 0 Å². The Hall–Kier alpha value is -1.36. The Kier molecular flexibility index (Phi) is 4.12. The Morgan fingerprint density at radius 2 is 2.43 bits per heavy atom. The van der Waals surface area contributed by atoms with Crippen molar-refractivity contribution >= 4 is 23.0 Å². The molecule has 0 aliphatic heterocycles. The minimum absolute atomic E-state index is 0.512. The Balaban J connectivity index is 2.49. The summed E-state index contributed by atoms with van der Waals surface area (Å²) in [5, 5.41) is 7.50. The van der Waals surface area contributed by atoms with Gasteiger partial charge in [-0.2, -0.15) is 5.10 Å². The molecule has 0 unspecified atom stereocenters. The number of rotatable bonds is 3. The standard InChI is InChI=1S/C9H13N3OS/c1-3-10-9(14)12-11-7(2)8-5-4-6-13-8/h4-6H,3H2,1-2H3,(H2,10,12,14)/b11-7-. The highest BCUT2D eigenvalue weighted by molar-refractivity contribution is 7.80. The van der Waals surface area contributed by atoms with E-state index in [1.165, 1.54) is 0 Å². The number of hydrogen-bond donors (Lipinski definition) is 2. The van der Waals surface area contributed by atoms with Crippen LogP contribution in [0.2, 0.25) is 0 Å². The molecule has 1 heterocycles. The van der Waals surface area contributed by atoms with E-state index in [4.69, 9.17) is 16.6 Å². The number of hydrogen-bond acceptors (Lipinski definition) is 3. The third-order valence-corrected chi connectivity index (χ3v) is 1.78. The van der Waals surface area contributed by atoms with E-state index in [-0.39, 0.29) is 0 Å². The van der Waals surface area contributed by atoms with Crippen LogP contribution in [0.4, 0.5) is 0 Å². The molecule has 14 heavy (non-hydrogen) atoms. The van der Waals surface area contributed by atoms with Crippen molar-refractivity contribution in [1.29, 1.82) is 0 Å². The summed E-state index contributed by atoms with van der Waals surface area (Å²) in [7, 11) is 0. The van der Waals surface area contributed by atoms with E-state index in [2.05, 4.69) is 15.8 Å². The number of thiocarbonyl (C=S) groups is 1. The van der Waals surface area contributed by atoms with Gasteiger partial charge in [0.25, 0.3) is 0 Å². The van der Waals surface area contributed by atoms with Crippen LogP contribution < -0.4 is 10.7 Å². The Bertz CT molecular complexity index is 319. The summed E-state index contributed by atoms with van der Waals surface area (Å²) in [5.41, 5.74) is 3.48. The van der Waals surface area contributed by atoms with Gasteiger partial charge in [0.2, 0.25) is 0 Å². The van der Waals surface area contributed by atoms with Gasteiger partial charge in [0.15, 0.2) is 5.11 Å². The van der Waals surface area contributed by atoms with E-state index in [1.54, 1.807) is 6.26 Å². The van der Waals surface area contributed by atoms with Gasteiger partial charge in [0, 0.05) is 6.54 Å². The number of furan rings is 1. The molecule has 0 saturated heterocycles. The summed E-state index contributed by atoms with van der Waals surface area (Å²) >= 11 is 4.94. The maximum atomic E-state index is 5.15. The maximum absolute atomic E-state index is 5.15. The molecular weight excluding hydrogens is 198 g/mol. The van der Waals surface area contributed by atoms with Gasteiger partial charge in [-0.3, -0.25) is 5.43 Å². The van der Waals surface area contributed by atoms with Gasteiger partial charge in [-0.05, 0) is 38.2 Å². The number of nitrogens with zero attached hydrogens (tertiary/aromatic N) is 1. The Morgan fingerprint density at radius 3 is 3.00 bits per heavy atom. The molecule has 5 heteroatoms. The summed E-state index contributed by atoms with van der Waals surface area (Å²) in [5.74, 6) is 0.733. The highest BCUT2D eigenvalue weighted by Crippen LogP contribution is 2.00. The molecule has 76 valence electrons. The second-order valence-electron chi connectivity index (χ2n) is 2.65. The van der Waals surface area contributed by atoms with E-state index in [1.807, 2.05) is 26.0 Å². The lowest BCUT2D eigenvalue weighted by Crippen LogP contribution is -2.32. The summed E-state index contributed by atoms with van der Waals surface area (Å²) in [6.07, 6.45) is 1.61. The van der Waals surface area contributed by atoms with Gasteiger partial charge in [-0.1, -0.05) is 0 Å². The molecule has 0 aliphatic rings. The largest absolute Gasteiger partial charge is 0.463 e. The average Bonchev–Trinajstić information content (AvgIpc) is 2.67. The molecule has 0 atom stereocenters. The molecule has 0 aliphatic carbocycles. The van der Waals surface area contributed by atoms with Crippen LogP contribution in [0.1, 0.15) is 19.6 Å². The summed E-state index contributed by atoms with van der Waals surface area (Å²) in [6.45, 7) is 4.60. The fourth-order valence-electron chi connectivity index (χ4n) is 0.874. The SMILES string of the molecule is CCNC(=S)N/N=C(/C)c1ccco1. The lowest BCUT2D eigenvalue weighted by Gasteiger charge is -2.03. The van der Waals surface area contributed by atoms with Crippen LogP contribution in [0.5, 0.6) is 0 Å². The molecule has 0 saturated carbocycles. The first kappa shape index (κ1) is 10.7. The minimum Gasteiger partial charge on any atom is -0.463 e.